The first-order valence-electron chi connectivity index (χ1n) is 13.2. The zero-order valence-electron chi connectivity index (χ0n) is 22.4. The van der Waals surface area contributed by atoms with Crippen LogP contribution in [0.3, 0.4) is 0 Å². The molecular weight excluding hydrogens is 511 g/mol. The van der Waals surface area contributed by atoms with Crippen molar-refractivity contribution in [1.29, 1.82) is 0 Å². The third-order valence-electron chi connectivity index (χ3n) is 7.42. The van der Waals surface area contributed by atoms with E-state index in [0.717, 1.165) is 54.5 Å². The number of rotatable bonds is 10. The third kappa shape index (κ3) is 6.94. The van der Waals surface area contributed by atoms with E-state index in [1.54, 1.807) is 24.3 Å². The van der Waals surface area contributed by atoms with Crippen molar-refractivity contribution in [3.05, 3.63) is 77.0 Å². The molecule has 6 nitrogen and oxygen atoms in total. The molecule has 0 amide bonds. The summed E-state index contributed by atoms with van der Waals surface area (Å²) < 4.78 is 56.0. The van der Waals surface area contributed by atoms with E-state index in [0.29, 0.717) is 24.3 Å². The number of carbonyl (C=O) groups is 1. The highest BCUT2D eigenvalue weighted by molar-refractivity contribution is 5.78. The maximum absolute atomic E-state index is 12.8. The van der Waals surface area contributed by atoms with Crippen LogP contribution in [0.1, 0.15) is 74.4 Å². The molecule has 1 saturated carbocycles. The van der Waals surface area contributed by atoms with Gasteiger partial charge in [-0.05, 0) is 68.7 Å². The van der Waals surface area contributed by atoms with Crippen molar-refractivity contribution in [2.75, 3.05) is 6.61 Å². The fraction of sp³-hybridized carbons (Fsp3) is 0.467. The lowest BCUT2D eigenvalue weighted by Gasteiger charge is -2.30. The van der Waals surface area contributed by atoms with Crippen molar-refractivity contribution in [2.45, 2.75) is 82.9 Å². The van der Waals surface area contributed by atoms with E-state index in [-0.39, 0.29) is 17.6 Å². The molecule has 3 aromatic rings. The summed E-state index contributed by atoms with van der Waals surface area (Å²) in [6.45, 7) is 5.95. The second-order valence-electron chi connectivity index (χ2n) is 10.7. The maximum Gasteiger partial charge on any atom is 0.416 e. The first-order valence-corrected chi connectivity index (χ1v) is 13.2. The van der Waals surface area contributed by atoms with E-state index in [1.807, 2.05) is 6.92 Å². The van der Waals surface area contributed by atoms with Gasteiger partial charge in [-0.3, -0.25) is 0 Å². The number of carboxylic acids is 1. The van der Waals surface area contributed by atoms with Crippen LogP contribution in [0.15, 0.2) is 52.9 Å². The number of aliphatic carboxylic acids is 1. The highest BCUT2D eigenvalue weighted by Crippen LogP contribution is 2.39. The molecule has 2 aromatic carbocycles. The standard InChI is InChI=1S/C30H34F3NO5/c1-20-25(34-26(38-20)28(2)16-5-4-6-17-28)15-18-37-23-11-7-21(8-12-23)19-29(3,27(35)36)39-24-13-9-22(10-14-24)30(31,32)33/h7-14H,4-6,15-19H2,1-3H3,(H,35,36). The smallest absolute Gasteiger partial charge is 0.416 e. The van der Waals surface area contributed by atoms with Crippen molar-refractivity contribution in [3.63, 3.8) is 0 Å². The molecule has 4 rings (SSSR count). The lowest BCUT2D eigenvalue weighted by Crippen LogP contribution is -2.43. The van der Waals surface area contributed by atoms with Gasteiger partial charge in [0.25, 0.3) is 0 Å². The Kier molecular flexibility index (Phi) is 8.28. The van der Waals surface area contributed by atoms with Gasteiger partial charge in [0, 0.05) is 18.3 Å². The number of ether oxygens (including phenoxy) is 2. The lowest BCUT2D eigenvalue weighted by molar-refractivity contribution is -0.153. The fourth-order valence-corrected chi connectivity index (χ4v) is 4.95. The molecule has 1 aliphatic carbocycles. The molecule has 1 aromatic heterocycles. The molecular formula is C30H34F3NO5. The number of nitrogens with zero attached hydrogens (tertiary/aromatic N) is 1. The predicted octanol–water partition coefficient (Wildman–Crippen LogP) is 7.31. The average molecular weight is 546 g/mol. The van der Waals surface area contributed by atoms with Crippen molar-refractivity contribution in [2.24, 2.45) is 0 Å². The summed E-state index contributed by atoms with van der Waals surface area (Å²) in [5.74, 6) is 1.07. The topological polar surface area (TPSA) is 81.8 Å². The number of benzene rings is 2. The summed E-state index contributed by atoms with van der Waals surface area (Å²) in [5, 5.41) is 9.80. The first-order chi connectivity index (χ1) is 18.4. The Morgan fingerprint density at radius 2 is 1.64 bits per heavy atom. The Morgan fingerprint density at radius 1 is 1.03 bits per heavy atom. The SMILES string of the molecule is Cc1oc(C2(C)CCCCC2)nc1CCOc1ccc(CC(C)(Oc2ccc(C(F)(F)F)cc2)C(=O)O)cc1. The van der Waals surface area contributed by atoms with Crippen LogP contribution >= 0.6 is 0 Å². The highest BCUT2D eigenvalue weighted by Gasteiger charge is 2.37. The lowest BCUT2D eigenvalue weighted by atomic mass is 9.76. The van der Waals surface area contributed by atoms with E-state index < -0.39 is 23.3 Å². The molecule has 1 N–H and O–H groups in total. The summed E-state index contributed by atoms with van der Waals surface area (Å²) in [6, 6.07) is 11.0. The number of carboxylic acid groups (broad SMARTS) is 1. The molecule has 0 radical (unpaired) electrons. The van der Waals surface area contributed by atoms with Gasteiger partial charge in [-0.2, -0.15) is 13.2 Å². The second-order valence-corrected chi connectivity index (χ2v) is 10.7. The van der Waals surface area contributed by atoms with Gasteiger partial charge in [0.05, 0.1) is 17.9 Å². The molecule has 0 aliphatic heterocycles. The molecule has 210 valence electrons. The first kappa shape index (κ1) is 28.5. The number of hydrogen-bond donors (Lipinski definition) is 1. The van der Waals surface area contributed by atoms with Gasteiger partial charge in [-0.15, -0.1) is 0 Å². The van der Waals surface area contributed by atoms with Gasteiger partial charge >= 0.3 is 12.1 Å². The van der Waals surface area contributed by atoms with E-state index in [1.165, 1.54) is 26.2 Å². The minimum absolute atomic E-state index is 0.00136. The van der Waals surface area contributed by atoms with Crippen LogP contribution in [-0.4, -0.2) is 28.3 Å². The minimum atomic E-state index is -4.48. The summed E-state index contributed by atoms with van der Waals surface area (Å²) in [4.78, 5) is 16.8. The van der Waals surface area contributed by atoms with Gasteiger partial charge in [0.1, 0.15) is 17.3 Å². The molecule has 0 bridgehead atoms. The normalized spacial score (nSPS) is 16.9. The van der Waals surface area contributed by atoms with Gasteiger partial charge in [-0.1, -0.05) is 38.3 Å². The zero-order chi connectivity index (χ0) is 28.3. The maximum atomic E-state index is 12.8. The van der Waals surface area contributed by atoms with Crippen LogP contribution < -0.4 is 9.47 Å². The Morgan fingerprint density at radius 3 is 2.23 bits per heavy atom. The third-order valence-corrected chi connectivity index (χ3v) is 7.42. The van der Waals surface area contributed by atoms with Crippen LogP contribution in [0.5, 0.6) is 11.5 Å². The Hall–Kier alpha value is -3.49. The van der Waals surface area contributed by atoms with Crippen molar-refractivity contribution < 1.29 is 37.0 Å². The molecule has 0 saturated heterocycles. The number of hydrogen-bond acceptors (Lipinski definition) is 5. The number of alkyl halides is 3. The number of oxazole rings is 1. The van der Waals surface area contributed by atoms with Gasteiger partial charge < -0.3 is 19.0 Å². The zero-order valence-corrected chi connectivity index (χ0v) is 22.4. The van der Waals surface area contributed by atoms with Crippen molar-refractivity contribution >= 4 is 5.97 Å². The molecule has 9 heteroatoms. The number of halogens is 3. The largest absolute Gasteiger partial charge is 0.493 e. The van der Waals surface area contributed by atoms with E-state index in [4.69, 9.17) is 18.9 Å². The number of aromatic nitrogens is 1. The monoisotopic (exact) mass is 545 g/mol. The molecule has 1 unspecified atom stereocenters. The van der Waals surface area contributed by atoms with Crippen molar-refractivity contribution in [1.82, 2.24) is 4.98 Å². The highest BCUT2D eigenvalue weighted by atomic mass is 19.4. The Bertz CT molecular complexity index is 1260. The van der Waals surface area contributed by atoms with Crippen LogP contribution in [0, 0.1) is 6.92 Å². The number of aryl methyl sites for hydroxylation is 1. The molecule has 39 heavy (non-hydrogen) atoms. The van der Waals surface area contributed by atoms with Gasteiger partial charge in [0.2, 0.25) is 11.5 Å². The van der Waals surface area contributed by atoms with Crippen molar-refractivity contribution in [3.8, 4) is 11.5 Å². The predicted molar refractivity (Wildman–Crippen MR) is 139 cm³/mol. The summed E-state index contributed by atoms with van der Waals surface area (Å²) in [5.41, 5.74) is -0.944. The second kappa shape index (κ2) is 11.3. The van der Waals surface area contributed by atoms with E-state index in [9.17, 15) is 23.1 Å². The van der Waals surface area contributed by atoms with Gasteiger partial charge in [0.15, 0.2) is 0 Å². The van der Waals surface area contributed by atoms with Crippen LogP contribution in [0.2, 0.25) is 0 Å². The van der Waals surface area contributed by atoms with Crippen LogP contribution in [0.4, 0.5) is 13.2 Å². The summed E-state index contributed by atoms with van der Waals surface area (Å²) in [7, 11) is 0. The quantitative estimate of drug-likeness (QED) is 0.288. The molecule has 1 fully saturated rings. The minimum Gasteiger partial charge on any atom is -0.493 e. The summed E-state index contributed by atoms with van der Waals surface area (Å²) in [6.07, 6.45) is 1.95. The Balaban J connectivity index is 1.33. The van der Waals surface area contributed by atoms with Crippen LogP contribution in [0.25, 0.3) is 0 Å². The molecule has 1 atom stereocenters. The van der Waals surface area contributed by atoms with Gasteiger partial charge in [-0.25, -0.2) is 9.78 Å². The summed E-state index contributed by atoms with van der Waals surface area (Å²) >= 11 is 0. The molecule has 1 heterocycles. The van der Waals surface area contributed by atoms with Crippen LogP contribution in [-0.2, 0) is 29.2 Å². The molecule has 0 spiro atoms. The Labute approximate surface area is 226 Å². The van der Waals surface area contributed by atoms with E-state index in [2.05, 4.69) is 6.92 Å². The fourth-order valence-electron chi connectivity index (χ4n) is 4.95. The molecule has 1 aliphatic rings. The van der Waals surface area contributed by atoms with E-state index >= 15 is 0 Å². The average Bonchev–Trinajstić information content (AvgIpc) is 3.26.